The van der Waals surface area contributed by atoms with Crippen LogP contribution in [-0.4, -0.2) is 57.8 Å². The molecule has 0 amide bonds. The van der Waals surface area contributed by atoms with Crippen LogP contribution in [0.4, 0.5) is 0 Å². The van der Waals surface area contributed by atoms with E-state index in [0.717, 1.165) is 45.4 Å². The Balaban J connectivity index is 1.98. The topological polar surface area (TPSA) is 61.4 Å². The monoisotopic (exact) mass is 305 g/mol. The smallest absolute Gasteiger partial charge is 0.211 e. The molecule has 0 atom stereocenters. The Morgan fingerprint density at radius 1 is 1.05 bits per heavy atom. The number of rotatable bonds is 13. The summed E-state index contributed by atoms with van der Waals surface area (Å²) < 4.78 is 26.3. The van der Waals surface area contributed by atoms with Crippen LogP contribution in [0.2, 0.25) is 0 Å². The minimum atomic E-state index is -3.07. The molecule has 0 aromatic heterocycles. The standard InChI is InChI=1S/C14H31N3O2S/c1-3-17(4-2)12-7-11-16-20(18,19)13-6-5-10-15-14-8-9-14/h14-16H,3-13H2,1-2H3. The van der Waals surface area contributed by atoms with Crippen molar-refractivity contribution in [1.82, 2.24) is 14.9 Å². The lowest BCUT2D eigenvalue weighted by Crippen LogP contribution is -2.31. The minimum absolute atomic E-state index is 0.255. The van der Waals surface area contributed by atoms with E-state index in [1.807, 2.05) is 0 Å². The van der Waals surface area contributed by atoms with Gasteiger partial charge in [0.15, 0.2) is 0 Å². The first-order valence-corrected chi connectivity index (χ1v) is 9.65. The molecule has 0 radical (unpaired) electrons. The number of hydrogen-bond donors (Lipinski definition) is 2. The first-order chi connectivity index (χ1) is 9.57. The molecule has 0 spiro atoms. The van der Waals surface area contributed by atoms with Crippen LogP contribution in [0.25, 0.3) is 0 Å². The Morgan fingerprint density at radius 3 is 2.35 bits per heavy atom. The van der Waals surface area contributed by atoms with Crippen LogP contribution in [0, 0.1) is 0 Å². The molecule has 1 rings (SSSR count). The predicted octanol–water partition coefficient (Wildman–Crippen LogP) is 1.17. The minimum Gasteiger partial charge on any atom is -0.314 e. The largest absolute Gasteiger partial charge is 0.314 e. The molecule has 2 N–H and O–H groups in total. The molecule has 6 heteroatoms. The van der Waals surface area contributed by atoms with Crippen LogP contribution in [0.15, 0.2) is 0 Å². The Hall–Kier alpha value is -0.170. The fourth-order valence-electron chi connectivity index (χ4n) is 2.15. The van der Waals surface area contributed by atoms with Crippen LogP contribution in [-0.2, 0) is 10.0 Å². The molecule has 0 bridgehead atoms. The lowest BCUT2D eigenvalue weighted by atomic mass is 10.3. The summed E-state index contributed by atoms with van der Waals surface area (Å²) in [6.07, 6.45) is 5.13. The van der Waals surface area contributed by atoms with Crippen molar-refractivity contribution < 1.29 is 8.42 Å². The summed E-state index contributed by atoms with van der Waals surface area (Å²) in [5, 5.41) is 3.40. The second-order valence-electron chi connectivity index (χ2n) is 5.53. The van der Waals surface area contributed by atoms with E-state index in [2.05, 4.69) is 28.8 Å². The number of sulfonamides is 1. The molecular formula is C14H31N3O2S. The van der Waals surface area contributed by atoms with Gasteiger partial charge in [-0.1, -0.05) is 13.8 Å². The van der Waals surface area contributed by atoms with Crippen molar-refractivity contribution in [3.05, 3.63) is 0 Å². The van der Waals surface area contributed by atoms with Crippen LogP contribution in [0.3, 0.4) is 0 Å². The lowest BCUT2D eigenvalue weighted by Gasteiger charge is -2.17. The molecule has 0 aromatic rings. The zero-order valence-electron chi connectivity index (χ0n) is 13.0. The first-order valence-electron chi connectivity index (χ1n) is 8.00. The highest BCUT2D eigenvalue weighted by Gasteiger charge is 2.19. The van der Waals surface area contributed by atoms with Crippen LogP contribution in [0.1, 0.15) is 46.0 Å². The molecule has 20 heavy (non-hydrogen) atoms. The van der Waals surface area contributed by atoms with E-state index in [9.17, 15) is 8.42 Å². The Kier molecular flexibility index (Phi) is 8.68. The van der Waals surface area contributed by atoms with E-state index in [0.29, 0.717) is 12.6 Å². The van der Waals surface area contributed by atoms with E-state index in [4.69, 9.17) is 0 Å². The molecule has 5 nitrogen and oxygen atoms in total. The van der Waals surface area contributed by atoms with Gasteiger partial charge in [-0.15, -0.1) is 0 Å². The number of unbranched alkanes of at least 4 members (excludes halogenated alkanes) is 1. The fraction of sp³-hybridized carbons (Fsp3) is 1.00. The van der Waals surface area contributed by atoms with Crippen molar-refractivity contribution in [3.63, 3.8) is 0 Å². The zero-order valence-corrected chi connectivity index (χ0v) is 13.8. The average Bonchev–Trinajstić information content (AvgIpc) is 3.22. The summed E-state index contributed by atoms with van der Waals surface area (Å²) in [5.41, 5.74) is 0. The highest BCUT2D eigenvalue weighted by Crippen LogP contribution is 2.18. The third kappa shape index (κ3) is 8.89. The van der Waals surface area contributed by atoms with Gasteiger partial charge in [-0.3, -0.25) is 0 Å². The van der Waals surface area contributed by atoms with Crippen LogP contribution >= 0.6 is 0 Å². The van der Waals surface area contributed by atoms with E-state index < -0.39 is 10.0 Å². The van der Waals surface area contributed by atoms with E-state index >= 15 is 0 Å². The van der Waals surface area contributed by atoms with Crippen molar-refractivity contribution in [2.75, 3.05) is 38.5 Å². The third-order valence-electron chi connectivity index (χ3n) is 3.72. The molecule has 0 aliphatic heterocycles. The van der Waals surface area contributed by atoms with Gasteiger partial charge in [0.05, 0.1) is 5.75 Å². The first kappa shape index (κ1) is 17.9. The van der Waals surface area contributed by atoms with Gasteiger partial charge in [-0.2, -0.15) is 0 Å². The normalized spacial score (nSPS) is 15.9. The summed E-state index contributed by atoms with van der Waals surface area (Å²) >= 11 is 0. The van der Waals surface area contributed by atoms with Crippen LogP contribution < -0.4 is 10.0 Å². The van der Waals surface area contributed by atoms with Crippen molar-refractivity contribution in [2.45, 2.75) is 52.0 Å². The van der Waals surface area contributed by atoms with Crippen LogP contribution in [0.5, 0.6) is 0 Å². The maximum absolute atomic E-state index is 11.8. The van der Waals surface area contributed by atoms with E-state index in [1.54, 1.807) is 0 Å². The predicted molar refractivity (Wildman–Crippen MR) is 84.5 cm³/mol. The number of nitrogens with one attached hydrogen (secondary N) is 2. The molecule has 1 aliphatic carbocycles. The van der Waals surface area contributed by atoms with Gasteiger partial charge in [-0.25, -0.2) is 13.1 Å². The summed E-state index contributed by atoms with van der Waals surface area (Å²) in [6, 6.07) is 0.713. The molecule has 1 fully saturated rings. The van der Waals surface area contributed by atoms with Gasteiger partial charge in [-0.05, 0) is 58.3 Å². The molecule has 1 aliphatic rings. The second-order valence-corrected chi connectivity index (χ2v) is 7.46. The van der Waals surface area contributed by atoms with Crippen molar-refractivity contribution in [2.24, 2.45) is 0 Å². The molecule has 0 aromatic carbocycles. The summed E-state index contributed by atoms with van der Waals surface area (Å²) in [4.78, 5) is 2.30. The van der Waals surface area contributed by atoms with Gasteiger partial charge in [0, 0.05) is 12.6 Å². The Bertz CT molecular complexity index is 338. The zero-order chi connectivity index (χ0) is 14.8. The molecule has 0 saturated heterocycles. The van der Waals surface area contributed by atoms with Gasteiger partial charge in [0.25, 0.3) is 0 Å². The van der Waals surface area contributed by atoms with Gasteiger partial charge in [0.2, 0.25) is 10.0 Å². The highest BCUT2D eigenvalue weighted by atomic mass is 32.2. The van der Waals surface area contributed by atoms with Crippen molar-refractivity contribution in [3.8, 4) is 0 Å². The maximum atomic E-state index is 11.8. The van der Waals surface area contributed by atoms with Crippen molar-refractivity contribution in [1.29, 1.82) is 0 Å². The third-order valence-corrected chi connectivity index (χ3v) is 5.19. The number of nitrogens with zero attached hydrogens (tertiary/aromatic N) is 1. The summed E-state index contributed by atoms with van der Waals surface area (Å²) in [6.45, 7) is 8.77. The molecule has 120 valence electrons. The summed E-state index contributed by atoms with van der Waals surface area (Å²) in [7, 11) is -3.07. The van der Waals surface area contributed by atoms with Gasteiger partial charge >= 0.3 is 0 Å². The Morgan fingerprint density at radius 2 is 1.75 bits per heavy atom. The highest BCUT2D eigenvalue weighted by molar-refractivity contribution is 7.89. The van der Waals surface area contributed by atoms with Gasteiger partial charge < -0.3 is 10.2 Å². The summed E-state index contributed by atoms with van der Waals surface area (Å²) in [5.74, 6) is 0.255. The van der Waals surface area contributed by atoms with Crippen molar-refractivity contribution >= 4 is 10.0 Å². The second kappa shape index (κ2) is 9.71. The quantitative estimate of drug-likeness (QED) is 0.502. The molecular weight excluding hydrogens is 274 g/mol. The lowest BCUT2D eigenvalue weighted by molar-refractivity contribution is 0.300. The number of hydrogen-bond acceptors (Lipinski definition) is 4. The van der Waals surface area contributed by atoms with Gasteiger partial charge in [0.1, 0.15) is 0 Å². The average molecular weight is 305 g/mol. The fourth-order valence-corrected chi connectivity index (χ4v) is 3.34. The van der Waals surface area contributed by atoms with E-state index in [1.165, 1.54) is 12.8 Å². The molecule has 0 unspecified atom stereocenters. The Labute approximate surface area is 124 Å². The molecule has 1 saturated carbocycles. The molecule has 0 heterocycles. The maximum Gasteiger partial charge on any atom is 0.211 e. The SMILES string of the molecule is CCN(CC)CCCNS(=O)(=O)CCCCNC1CC1. The van der Waals surface area contributed by atoms with E-state index in [-0.39, 0.29) is 5.75 Å².